The fraction of sp³-hybridized carbons (Fsp3) is 0.625. The minimum atomic E-state index is -1.94. The highest BCUT2D eigenvalue weighted by molar-refractivity contribution is 6.03. The molecule has 0 spiro atoms. The van der Waals surface area contributed by atoms with Crippen molar-refractivity contribution >= 4 is 63.8 Å². The van der Waals surface area contributed by atoms with Crippen LogP contribution in [0, 0.1) is 23.7 Å². The number of ketones is 3. The van der Waals surface area contributed by atoms with Gasteiger partial charge in [0.05, 0.1) is 140 Å². The first-order valence-electron chi connectivity index (χ1n) is 38.7. The van der Waals surface area contributed by atoms with Gasteiger partial charge < -0.3 is 76.6 Å². The van der Waals surface area contributed by atoms with Crippen LogP contribution in [0.3, 0.4) is 0 Å². The fourth-order valence-electron chi connectivity index (χ4n) is 13.7. The summed E-state index contributed by atoms with van der Waals surface area (Å²) in [5, 5.41) is 22.2. The summed E-state index contributed by atoms with van der Waals surface area (Å²) in [6.45, 7) is 20.0. The molecule has 0 radical (unpaired) electrons. The normalized spacial score (nSPS) is 17.5. The second kappa shape index (κ2) is 45.8. The molecule has 29 nitrogen and oxygen atoms in total. The predicted molar refractivity (Wildman–Crippen MR) is 399 cm³/mol. The number of imide groups is 1. The van der Waals surface area contributed by atoms with Gasteiger partial charge in [-0.2, -0.15) is 0 Å². The molecule has 3 unspecified atom stereocenters. The van der Waals surface area contributed by atoms with Gasteiger partial charge in [0.25, 0.3) is 5.56 Å². The Hall–Kier alpha value is -8.26. The smallest absolute Gasteiger partial charge is 0.508 e. The molecular formula is C80H111N7O22. The van der Waals surface area contributed by atoms with Crippen molar-refractivity contribution in [2.24, 2.45) is 23.7 Å². The van der Waals surface area contributed by atoms with Crippen LogP contribution < -0.4 is 10.9 Å². The number of hydrogen-bond donors (Lipinski definition) is 2. The summed E-state index contributed by atoms with van der Waals surface area (Å²) in [5.41, 5.74) is 3.54. The number of pyridine rings is 2. The van der Waals surface area contributed by atoms with Crippen molar-refractivity contribution in [3.8, 4) is 17.1 Å². The number of cyclic esters (lactones) is 1. The van der Waals surface area contributed by atoms with Crippen molar-refractivity contribution < 1.29 is 100 Å². The molecule has 1 aliphatic carbocycles. The third-order valence-corrected chi connectivity index (χ3v) is 19.7. The molecule has 29 heteroatoms. The van der Waals surface area contributed by atoms with E-state index in [1.54, 1.807) is 78.6 Å². The summed E-state index contributed by atoms with van der Waals surface area (Å²) in [5.74, 6) is -1.11. The number of ether oxygens (including phenoxy) is 12. The summed E-state index contributed by atoms with van der Waals surface area (Å²) in [7, 11) is 0. The zero-order chi connectivity index (χ0) is 77.9. The Bertz CT molecular complexity index is 3830. The number of phenols is 1. The third kappa shape index (κ3) is 26.5. The predicted octanol–water partition coefficient (Wildman–Crippen LogP) is 9.32. The van der Waals surface area contributed by atoms with Crippen LogP contribution in [0.25, 0.3) is 22.3 Å². The lowest BCUT2D eigenvalue weighted by atomic mass is 9.79. The lowest BCUT2D eigenvalue weighted by Gasteiger charge is -2.35. The molecule has 2 fully saturated rings. The number of likely N-dealkylation sites (tertiary alicyclic amines) is 1. The number of phenolic OH excluding ortho intramolecular Hbond substituents is 1. The lowest BCUT2D eigenvalue weighted by Crippen LogP contribution is -2.47. The highest BCUT2D eigenvalue weighted by Gasteiger charge is 2.51. The van der Waals surface area contributed by atoms with Crippen LogP contribution in [-0.2, 0) is 135 Å². The fourth-order valence-corrected chi connectivity index (χ4v) is 13.7. The number of carbonyl (C=O) groups is 8. The van der Waals surface area contributed by atoms with Crippen LogP contribution in [-0.4, -0.2) is 207 Å². The Labute approximate surface area is 637 Å². The second-order valence-electron chi connectivity index (χ2n) is 27.8. The third-order valence-electron chi connectivity index (χ3n) is 19.7. The molecule has 0 bridgehead atoms. The molecular weight excluding hydrogens is 1410 g/mol. The van der Waals surface area contributed by atoms with E-state index in [2.05, 4.69) is 22.6 Å². The van der Waals surface area contributed by atoms with E-state index in [-0.39, 0.29) is 114 Å². The number of nitrogens with one attached hydrogen (secondary N) is 1. The molecule has 6 heterocycles. The molecule has 9 rings (SSSR count). The molecule has 2 N–H and O–H groups in total. The molecule has 1 saturated carbocycles. The number of anilines is 1. The topological polar surface area (TPSA) is 348 Å². The Morgan fingerprint density at radius 3 is 1.94 bits per heavy atom. The Kier molecular flexibility index (Phi) is 36.3. The number of aryl methyl sites for hydroxylation is 2. The van der Waals surface area contributed by atoms with Gasteiger partial charge >= 0.3 is 12.1 Å². The van der Waals surface area contributed by atoms with Gasteiger partial charge in [-0.25, -0.2) is 19.3 Å². The Balaban J connectivity index is 0.000000274. The van der Waals surface area contributed by atoms with Gasteiger partial charge in [-0.15, -0.1) is 5.10 Å². The maximum atomic E-state index is 14.0. The lowest BCUT2D eigenvalue weighted by molar-refractivity contribution is -0.175. The van der Waals surface area contributed by atoms with Crippen molar-refractivity contribution in [2.45, 2.75) is 176 Å². The first kappa shape index (κ1) is 86.3. The number of benzene rings is 2. The largest absolute Gasteiger partial charge is 0.510 e. The molecule has 598 valence electrons. The number of amides is 3. The molecule has 3 amide bonds. The highest BCUT2D eigenvalue weighted by Crippen LogP contribution is 2.43. The quantitative estimate of drug-likeness (QED) is 0.0204. The Morgan fingerprint density at radius 1 is 0.725 bits per heavy atom. The van der Waals surface area contributed by atoms with Crippen molar-refractivity contribution in [3.63, 3.8) is 0 Å². The summed E-state index contributed by atoms with van der Waals surface area (Å²) >= 11 is 0. The van der Waals surface area contributed by atoms with Gasteiger partial charge in [0.2, 0.25) is 23.3 Å². The summed E-state index contributed by atoms with van der Waals surface area (Å²) in [6.07, 6.45) is 10.8. The van der Waals surface area contributed by atoms with Gasteiger partial charge in [-0.1, -0.05) is 64.3 Å². The van der Waals surface area contributed by atoms with Crippen molar-refractivity contribution in [2.75, 3.05) is 131 Å². The number of unbranched alkanes of at least 4 members (excludes halogenated alkanes) is 2. The molecule has 1 saturated heterocycles. The van der Waals surface area contributed by atoms with Crippen LogP contribution in [0.4, 0.5) is 10.5 Å². The second-order valence-corrected chi connectivity index (χ2v) is 27.8. The monoisotopic (exact) mass is 1520 g/mol. The number of aromatic hydroxyl groups is 1. The summed E-state index contributed by atoms with van der Waals surface area (Å²) in [4.78, 5) is 121. The van der Waals surface area contributed by atoms with Gasteiger partial charge in [0, 0.05) is 98.0 Å². The van der Waals surface area contributed by atoms with Crippen molar-refractivity contribution in [1.82, 2.24) is 29.4 Å². The highest BCUT2D eigenvalue weighted by atomic mass is 16.7. The van der Waals surface area contributed by atoms with Crippen molar-refractivity contribution in [3.05, 3.63) is 98.6 Å². The molecule has 4 aliphatic rings. The van der Waals surface area contributed by atoms with E-state index in [1.807, 2.05) is 20.0 Å². The van der Waals surface area contributed by atoms with E-state index >= 15 is 0 Å². The molecule has 3 aromatic heterocycles. The van der Waals surface area contributed by atoms with Crippen LogP contribution >= 0.6 is 0 Å². The SMILES string of the molecule is CC(=O)CCCOCCOCCOCCOCCOCCOCCOCCOCCn1cc(CCC(=O)C2CCC(CN3C(=O)CC(C)C3=O)CC2)nn1.CCCCCC(CC(=O)COCC)C(=O)Nc1ccc(COC(=O)OC2(CC)C(=O)OCc3c2cc2n(c3=O)Cc3c-2nc2ccc(O)cc2c3CC)cc1. The van der Waals surface area contributed by atoms with E-state index < -0.39 is 23.6 Å². The minimum Gasteiger partial charge on any atom is -0.508 e. The van der Waals surface area contributed by atoms with Gasteiger partial charge in [-0.05, 0) is 119 Å². The minimum absolute atomic E-state index is 0.0181. The first-order chi connectivity index (χ1) is 52.9. The van der Waals surface area contributed by atoms with Crippen LogP contribution in [0.5, 0.6) is 5.75 Å². The molecule has 3 atom stereocenters. The number of Topliss-reactive ketones (excluding diaryl/α,β-unsaturated/α-hetero) is 3. The van der Waals surface area contributed by atoms with Crippen LogP contribution in [0.15, 0.2) is 59.5 Å². The average molecular weight is 1520 g/mol. The number of aromatic nitrogens is 5. The molecule has 109 heavy (non-hydrogen) atoms. The number of esters is 1. The summed E-state index contributed by atoms with van der Waals surface area (Å²) < 4.78 is 69.2. The molecule has 2 aromatic carbocycles. The molecule has 5 aromatic rings. The van der Waals surface area contributed by atoms with Crippen LogP contribution in [0.2, 0.25) is 0 Å². The number of fused-ring (bicyclic) bond motifs is 5. The summed E-state index contributed by atoms with van der Waals surface area (Å²) in [6, 6.07) is 13.3. The van der Waals surface area contributed by atoms with E-state index in [0.29, 0.717) is 192 Å². The zero-order valence-corrected chi connectivity index (χ0v) is 64.3. The molecule has 3 aliphatic heterocycles. The standard InChI is InChI=1S/C42H47N3O10.C38H64N4O12/c1-5-9-10-11-26(18-29(47)23-52-8-4)38(48)43-27-14-12-25(13-15-27)22-54-41(51)55-42(7-3)34-20-36-37-32(21-45(36)39(49)33(34)24-53-40(42)50)30(6-2)31-19-28(46)16-17-35(31)44-37;1-31-28-37(45)42(38(31)46)29-33-5-7-34(8-6-33)36(44)10-9-35-30-41(40-39-35)11-13-48-15-17-50-19-21-52-23-25-54-27-26-53-24-22-51-20-18-49-16-14-47-12-3-4-32(2)43/h12-17,19-20,26,46H,5-11,18,21-24H2,1-4H3,(H,43,48);30-31,33-34H,3-29H2,1-2H3. The number of hydrogen-bond acceptors (Lipinski definition) is 25. The van der Waals surface area contributed by atoms with Gasteiger partial charge in [0.1, 0.15) is 37.1 Å². The van der Waals surface area contributed by atoms with Gasteiger partial charge in [0.15, 0.2) is 5.78 Å². The van der Waals surface area contributed by atoms with E-state index in [1.165, 1.54) is 4.90 Å². The van der Waals surface area contributed by atoms with Gasteiger partial charge in [-0.3, -0.25) is 33.7 Å². The van der Waals surface area contributed by atoms with E-state index in [0.717, 1.165) is 73.6 Å². The maximum absolute atomic E-state index is 14.0. The average Bonchev–Trinajstić information content (AvgIpc) is 1.63. The number of rotatable bonds is 50. The zero-order valence-electron chi connectivity index (χ0n) is 64.3. The Morgan fingerprint density at radius 2 is 1.36 bits per heavy atom. The number of carbonyl (C=O) groups excluding carboxylic acids is 8. The van der Waals surface area contributed by atoms with Crippen LogP contribution in [0.1, 0.15) is 165 Å². The maximum Gasteiger partial charge on any atom is 0.510 e. The van der Waals surface area contributed by atoms with Crippen molar-refractivity contribution in [1.29, 1.82) is 0 Å². The first-order valence-corrected chi connectivity index (χ1v) is 38.7. The number of nitrogens with zero attached hydrogens (tertiary/aromatic N) is 6. The van der Waals surface area contributed by atoms with E-state index in [4.69, 9.17) is 61.8 Å². The van der Waals surface area contributed by atoms with E-state index in [9.17, 15) is 48.3 Å².